The van der Waals surface area contributed by atoms with Gasteiger partial charge in [0.25, 0.3) is 0 Å². The first kappa shape index (κ1) is 13.3. The second kappa shape index (κ2) is 5.38. The van der Waals surface area contributed by atoms with Crippen molar-refractivity contribution in [1.82, 2.24) is 0 Å². The Kier molecular flexibility index (Phi) is 3.59. The van der Waals surface area contributed by atoms with Crippen molar-refractivity contribution in [2.24, 2.45) is 0 Å². The molecule has 0 fully saturated rings. The number of hydrogen-bond acceptors (Lipinski definition) is 2. The summed E-state index contributed by atoms with van der Waals surface area (Å²) in [5.41, 5.74) is 2.19. The first-order valence-corrected chi connectivity index (χ1v) is 6.59. The molecule has 0 aromatic heterocycles. The quantitative estimate of drug-likeness (QED) is 0.892. The lowest BCUT2D eigenvalue weighted by Crippen LogP contribution is -2.23. The molecule has 1 N–H and O–H groups in total. The Bertz CT molecular complexity index is 625. The molecular formula is C15H12ClF2NO. The number of halogens is 3. The van der Waals surface area contributed by atoms with E-state index in [4.69, 9.17) is 16.3 Å². The van der Waals surface area contributed by atoms with E-state index in [1.165, 1.54) is 0 Å². The lowest BCUT2D eigenvalue weighted by molar-refractivity contribution is 0.0969. The molecule has 2 nitrogen and oxygen atoms in total. The Morgan fingerprint density at radius 1 is 1.20 bits per heavy atom. The van der Waals surface area contributed by atoms with Gasteiger partial charge in [0.2, 0.25) is 0 Å². The Hall–Kier alpha value is -1.65. The van der Waals surface area contributed by atoms with E-state index < -0.39 is 11.6 Å². The van der Waals surface area contributed by atoms with Gasteiger partial charge in [0.15, 0.2) is 5.82 Å². The molecule has 0 amide bonds. The molecule has 0 saturated carbocycles. The summed E-state index contributed by atoms with van der Waals surface area (Å²) in [4.78, 5) is 0. The first-order valence-electron chi connectivity index (χ1n) is 6.22. The average Bonchev–Trinajstić information content (AvgIpc) is 2.43. The van der Waals surface area contributed by atoms with E-state index in [9.17, 15) is 8.78 Å². The summed E-state index contributed by atoms with van der Waals surface area (Å²) >= 11 is 5.90. The van der Waals surface area contributed by atoms with Gasteiger partial charge >= 0.3 is 0 Å². The molecule has 0 radical (unpaired) electrons. The molecule has 1 aliphatic heterocycles. The third-order valence-electron chi connectivity index (χ3n) is 3.30. The predicted octanol–water partition coefficient (Wildman–Crippen LogP) is 4.30. The third kappa shape index (κ3) is 2.49. The second-order valence-electron chi connectivity index (χ2n) is 4.66. The van der Waals surface area contributed by atoms with Crippen LogP contribution < -0.4 is 5.32 Å². The minimum atomic E-state index is -0.710. The average molecular weight is 296 g/mol. The molecule has 1 unspecified atom stereocenters. The van der Waals surface area contributed by atoms with Gasteiger partial charge in [0, 0.05) is 6.07 Å². The van der Waals surface area contributed by atoms with Crippen LogP contribution in [0.25, 0.3) is 0 Å². The fraction of sp³-hybridized carbons (Fsp3) is 0.200. The summed E-state index contributed by atoms with van der Waals surface area (Å²) in [5, 5.41) is 3.02. The predicted molar refractivity (Wildman–Crippen MR) is 73.8 cm³/mol. The summed E-state index contributed by atoms with van der Waals surface area (Å²) in [6.45, 7) is 0.943. The maximum absolute atomic E-state index is 13.8. The second-order valence-corrected chi connectivity index (χ2v) is 5.06. The largest absolute Gasteiger partial charge is 0.374 e. The summed E-state index contributed by atoms with van der Waals surface area (Å²) in [6, 6.07) is 9.46. The van der Waals surface area contributed by atoms with Gasteiger partial charge in [-0.3, -0.25) is 0 Å². The molecular weight excluding hydrogens is 284 g/mol. The SMILES string of the molecule is Fc1cc(F)c(NC2COCc3ccccc32)c(Cl)c1. The Morgan fingerprint density at radius 2 is 2.00 bits per heavy atom. The van der Waals surface area contributed by atoms with Crippen molar-refractivity contribution < 1.29 is 13.5 Å². The van der Waals surface area contributed by atoms with Crippen LogP contribution in [0.4, 0.5) is 14.5 Å². The molecule has 0 spiro atoms. The highest BCUT2D eigenvalue weighted by Crippen LogP contribution is 2.33. The number of hydrogen-bond donors (Lipinski definition) is 1. The smallest absolute Gasteiger partial charge is 0.150 e. The van der Waals surface area contributed by atoms with E-state index in [1.54, 1.807) is 0 Å². The highest BCUT2D eigenvalue weighted by Gasteiger charge is 2.22. The minimum absolute atomic E-state index is 0.0190. The van der Waals surface area contributed by atoms with Crippen LogP contribution in [0.2, 0.25) is 5.02 Å². The molecule has 1 heterocycles. The molecule has 3 rings (SSSR count). The molecule has 20 heavy (non-hydrogen) atoms. The Balaban J connectivity index is 1.94. The highest BCUT2D eigenvalue weighted by molar-refractivity contribution is 6.33. The van der Waals surface area contributed by atoms with Gasteiger partial charge in [0.1, 0.15) is 5.82 Å². The zero-order valence-electron chi connectivity index (χ0n) is 10.5. The minimum Gasteiger partial charge on any atom is -0.374 e. The zero-order valence-corrected chi connectivity index (χ0v) is 11.3. The van der Waals surface area contributed by atoms with Crippen LogP contribution in [0.3, 0.4) is 0 Å². The maximum Gasteiger partial charge on any atom is 0.150 e. The summed E-state index contributed by atoms with van der Waals surface area (Å²) < 4.78 is 32.3. The van der Waals surface area contributed by atoms with Crippen molar-refractivity contribution in [3.63, 3.8) is 0 Å². The molecule has 0 saturated heterocycles. The zero-order chi connectivity index (χ0) is 14.1. The van der Waals surface area contributed by atoms with Crippen LogP contribution in [0, 0.1) is 11.6 Å². The topological polar surface area (TPSA) is 21.3 Å². The van der Waals surface area contributed by atoms with Crippen molar-refractivity contribution >= 4 is 17.3 Å². The lowest BCUT2D eigenvalue weighted by Gasteiger charge is -2.27. The van der Waals surface area contributed by atoms with Gasteiger partial charge in [-0.15, -0.1) is 0 Å². The van der Waals surface area contributed by atoms with Gasteiger partial charge in [-0.2, -0.15) is 0 Å². The monoisotopic (exact) mass is 295 g/mol. The number of anilines is 1. The van der Waals surface area contributed by atoms with Gasteiger partial charge in [-0.05, 0) is 17.2 Å². The number of ether oxygens (including phenoxy) is 1. The van der Waals surface area contributed by atoms with E-state index in [2.05, 4.69) is 5.32 Å². The van der Waals surface area contributed by atoms with Crippen LogP contribution in [-0.4, -0.2) is 6.61 Å². The standard InChI is InChI=1S/C15H12ClF2NO/c16-12-5-10(17)6-13(18)15(12)19-14-8-20-7-9-3-1-2-4-11(9)14/h1-6,14,19H,7-8H2. The summed E-state index contributed by atoms with van der Waals surface area (Å²) in [7, 11) is 0. The molecule has 5 heteroatoms. The van der Waals surface area contributed by atoms with Crippen LogP contribution in [-0.2, 0) is 11.3 Å². The van der Waals surface area contributed by atoms with Gasteiger partial charge in [-0.25, -0.2) is 8.78 Å². The molecule has 0 aliphatic carbocycles. The molecule has 104 valence electrons. The van der Waals surface area contributed by atoms with Crippen molar-refractivity contribution in [2.45, 2.75) is 12.6 Å². The fourth-order valence-electron chi connectivity index (χ4n) is 2.36. The molecule has 1 aliphatic rings. The Labute approximate surface area is 120 Å². The molecule has 1 atom stereocenters. The van der Waals surface area contributed by atoms with Crippen molar-refractivity contribution in [3.8, 4) is 0 Å². The number of benzene rings is 2. The highest BCUT2D eigenvalue weighted by atomic mass is 35.5. The summed E-state index contributed by atoms with van der Waals surface area (Å²) in [5.74, 6) is -1.41. The first-order chi connectivity index (χ1) is 9.65. The Morgan fingerprint density at radius 3 is 2.80 bits per heavy atom. The van der Waals surface area contributed by atoms with Crippen LogP contribution in [0.5, 0.6) is 0 Å². The van der Waals surface area contributed by atoms with Gasteiger partial charge in [0.05, 0.1) is 30.0 Å². The maximum atomic E-state index is 13.8. The number of rotatable bonds is 2. The lowest BCUT2D eigenvalue weighted by atomic mass is 9.99. The van der Waals surface area contributed by atoms with E-state index in [0.29, 0.717) is 13.2 Å². The van der Waals surface area contributed by atoms with Crippen LogP contribution >= 0.6 is 11.6 Å². The number of nitrogens with one attached hydrogen (secondary N) is 1. The third-order valence-corrected chi connectivity index (χ3v) is 3.60. The summed E-state index contributed by atoms with van der Waals surface area (Å²) in [6.07, 6.45) is 0. The van der Waals surface area contributed by atoms with E-state index in [1.807, 2.05) is 24.3 Å². The van der Waals surface area contributed by atoms with E-state index in [0.717, 1.165) is 23.3 Å². The molecule has 0 bridgehead atoms. The van der Waals surface area contributed by atoms with E-state index >= 15 is 0 Å². The van der Waals surface area contributed by atoms with Crippen LogP contribution in [0.15, 0.2) is 36.4 Å². The fourth-order valence-corrected chi connectivity index (χ4v) is 2.60. The van der Waals surface area contributed by atoms with Gasteiger partial charge < -0.3 is 10.1 Å². The van der Waals surface area contributed by atoms with Crippen LogP contribution in [0.1, 0.15) is 17.2 Å². The van der Waals surface area contributed by atoms with E-state index in [-0.39, 0.29) is 16.8 Å². The normalized spacial score (nSPS) is 17.6. The molecule has 2 aromatic carbocycles. The van der Waals surface area contributed by atoms with Crippen molar-refractivity contribution in [1.29, 1.82) is 0 Å². The van der Waals surface area contributed by atoms with Gasteiger partial charge in [-0.1, -0.05) is 35.9 Å². The molecule has 2 aromatic rings. The number of fused-ring (bicyclic) bond motifs is 1. The van der Waals surface area contributed by atoms with Crippen molar-refractivity contribution in [3.05, 3.63) is 64.2 Å². The van der Waals surface area contributed by atoms with Crippen molar-refractivity contribution in [2.75, 3.05) is 11.9 Å².